The third kappa shape index (κ3) is 2.17. The highest BCUT2D eigenvalue weighted by Gasteiger charge is 2.32. The highest BCUT2D eigenvalue weighted by atomic mass is 16.7. The van der Waals surface area contributed by atoms with Crippen molar-refractivity contribution in [2.45, 2.75) is 32.1 Å². The van der Waals surface area contributed by atoms with E-state index in [4.69, 9.17) is 15.2 Å². The summed E-state index contributed by atoms with van der Waals surface area (Å²) < 4.78 is 9.96. The first-order chi connectivity index (χ1) is 5.24. The quantitative estimate of drug-likeness (QED) is 0.589. The predicted molar refractivity (Wildman–Crippen MR) is 38.7 cm³/mol. The standard InChI is InChI=1S/C7H13NO3/c1-2-3-10-7-5(8)4-6(9)11-7/h5,7H,2-4,8H2,1H3/t5-,7+/m0/s1. The van der Waals surface area contributed by atoms with Gasteiger partial charge in [0.1, 0.15) is 0 Å². The van der Waals surface area contributed by atoms with E-state index in [2.05, 4.69) is 0 Å². The van der Waals surface area contributed by atoms with Crippen LogP contribution < -0.4 is 5.73 Å². The molecule has 0 aromatic rings. The third-order valence-corrected chi connectivity index (χ3v) is 1.49. The summed E-state index contributed by atoms with van der Waals surface area (Å²) in [6.07, 6.45) is 0.664. The van der Waals surface area contributed by atoms with Crippen molar-refractivity contribution in [1.82, 2.24) is 0 Å². The van der Waals surface area contributed by atoms with E-state index >= 15 is 0 Å². The lowest BCUT2D eigenvalue weighted by molar-refractivity contribution is -0.163. The Kier molecular flexibility index (Phi) is 2.84. The second-order valence-corrected chi connectivity index (χ2v) is 2.60. The Hall–Kier alpha value is -0.610. The first-order valence-electron chi connectivity index (χ1n) is 3.80. The Balaban J connectivity index is 2.28. The van der Waals surface area contributed by atoms with Crippen LogP contribution >= 0.6 is 0 Å². The normalized spacial score (nSPS) is 30.5. The van der Waals surface area contributed by atoms with E-state index in [1.165, 1.54) is 0 Å². The van der Waals surface area contributed by atoms with Crippen LogP contribution in [0.15, 0.2) is 0 Å². The lowest BCUT2D eigenvalue weighted by Gasteiger charge is -2.13. The molecular formula is C7H13NO3. The molecule has 0 saturated carbocycles. The second kappa shape index (κ2) is 3.69. The molecule has 4 nitrogen and oxygen atoms in total. The average Bonchev–Trinajstić information content (AvgIpc) is 2.26. The molecule has 0 radical (unpaired) electrons. The van der Waals surface area contributed by atoms with E-state index in [9.17, 15) is 4.79 Å². The van der Waals surface area contributed by atoms with Crippen molar-refractivity contribution in [2.24, 2.45) is 5.73 Å². The Labute approximate surface area is 65.7 Å². The van der Waals surface area contributed by atoms with Gasteiger partial charge in [-0.25, -0.2) is 0 Å². The van der Waals surface area contributed by atoms with Gasteiger partial charge >= 0.3 is 5.97 Å². The van der Waals surface area contributed by atoms with Gasteiger partial charge in [-0.2, -0.15) is 0 Å². The third-order valence-electron chi connectivity index (χ3n) is 1.49. The van der Waals surface area contributed by atoms with Gasteiger partial charge in [0.05, 0.1) is 19.1 Å². The lowest BCUT2D eigenvalue weighted by Crippen LogP contribution is -2.32. The van der Waals surface area contributed by atoms with Crippen LogP contribution in [0.25, 0.3) is 0 Å². The zero-order valence-corrected chi connectivity index (χ0v) is 6.58. The van der Waals surface area contributed by atoms with Crippen LogP contribution in [0.3, 0.4) is 0 Å². The maximum atomic E-state index is 10.6. The van der Waals surface area contributed by atoms with E-state index in [1.807, 2.05) is 6.92 Å². The molecule has 2 atom stereocenters. The number of esters is 1. The summed E-state index contributed by atoms with van der Waals surface area (Å²) >= 11 is 0. The van der Waals surface area contributed by atoms with Gasteiger partial charge in [-0.1, -0.05) is 6.92 Å². The molecular weight excluding hydrogens is 146 g/mol. The van der Waals surface area contributed by atoms with Gasteiger partial charge in [0.2, 0.25) is 6.29 Å². The van der Waals surface area contributed by atoms with Gasteiger partial charge in [0.15, 0.2) is 0 Å². The molecule has 64 valence electrons. The molecule has 0 spiro atoms. The predicted octanol–water partition coefficient (Wildman–Crippen LogP) is 0.0133. The fourth-order valence-corrected chi connectivity index (χ4v) is 0.945. The van der Waals surface area contributed by atoms with Crippen molar-refractivity contribution in [2.75, 3.05) is 6.61 Å². The minimum atomic E-state index is -0.512. The van der Waals surface area contributed by atoms with Crippen molar-refractivity contribution in [3.63, 3.8) is 0 Å². The minimum absolute atomic E-state index is 0.265. The molecule has 0 aromatic carbocycles. The van der Waals surface area contributed by atoms with Gasteiger partial charge in [-0.15, -0.1) is 0 Å². The Morgan fingerprint density at radius 3 is 3.00 bits per heavy atom. The van der Waals surface area contributed by atoms with Gasteiger partial charge < -0.3 is 15.2 Å². The maximum Gasteiger partial charge on any atom is 0.309 e. The van der Waals surface area contributed by atoms with Crippen molar-refractivity contribution in [1.29, 1.82) is 0 Å². The van der Waals surface area contributed by atoms with Gasteiger partial charge in [0.25, 0.3) is 0 Å². The highest BCUT2D eigenvalue weighted by Crippen LogP contribution is 2.13. The Bertz CT molecular complexity index is 149. The monoisotopic (exact) mass is 159 g/mol. The molecule has 2 N–H and O–H groups in total. The van der Waals surface area contributed by atoms with Crippen LogP contribution in [0.4, 0.5) is 0 Å². The van der Waals surface area contributed by atoms with Gasteiger partial charge in [-0.05, 0) is 6.42 Å². The summed E-state index contributed by atoms with van der Waals surface area (Å²) in [6.45, 7) is 2.58. The van der Waals surface area contributed by atoms with Crippen molar-refractivity contribution in [3.8, 4) is 0 Å². The van der Waals surface area contributed by atoms with E-state index in [0.29, 0.717) is 6.61 Å². The second-order valence-electron chi connectivity index (χ2n) is 2.60. The van der Waals surface area contributed by atoms with Crippen molar-refractivity contribution < 1.29 is 14.3 Å². The number of hydrogen-bond acceptors (Lipinski definition) is 4. The van der Waals surface area contributed by atoms with Crippen molar-refractivity contribution >= 4 is 5.97 Å². The summed E-state index contributed by atoms with van der Waals surface area (Å²) in [5.41, 5.74) is 5.54. The molecule has 1 aliphatic heterocycles. The molecule has 11 heavy (non-hydrogen) atoms. The number of hydrogen-bond donors (Lipinski definition) is 1. The lowest BCUT2D eigenvalue weighted by atomic mass is 10.2. The molecule has 1 saturated heterocycles. The smallest absolute Gasteiger partial charge is 0.309 e. The summed E-state index contributed by atoms with van der Waals surface area (Å²) in [6, 6.07) is -0.283. The first kappa shape index (κ1) is 8.49. The van der Waals surface area contributed by atoms with E-state index in [0.717, 1.165) is 6.42 Å². The number of carbonyl (C=O) groups is 1. The summed E-state index contributed by atoms with van der Waals surface area (Å²) in [4.78, 5) is 10.6. The molecule has 0 unspecified atom stereocenters. The number of rotatable bonds is 3. The molecule has 4 heteroatoms. The van der Waals surface area contributed by atoms with Crippen molar-refractivity contribution in [3.05, 3.63) is 0 Å². The summed E-state index contributed by atoms with van der Waals surface area (Å²) in [5.74, 6) is -0.265. The Morgan fingerprint density at radius 1 is 1.82 bits per heavy atom. The van der Waals surface area contributed by atoms with Crippen LogP contribution in [0.5, 0.6) is 0 Å². The van der Waals surface area contributed by atoms with Crippen LogP contribution in [0.1, 0.15) is 19.8 Å². The number of carbonyl (C=O) groups excluding carboxylic acids is 1. The molecule has 1 rings (SSSR count). The maximum absolute atomic E-state index is 10.6. The van der Waals surface area contributed by atoms with Crippen LogP contribution in [-0.2, 0) is 14.3 Å². The van der Waals surface area contributed by atoms with E-state index < -0.39 is 6.29 Å². The molecule has 0 bridgehead atoms. The van der Waals surface area contributed by atoms with Crippen LogP contribution in [0.2, 0.25) is 0 Å². The van der Waals surface area contributed by atoms with E-state index in [-0.39, 0.29) is 18.4 Å². The molecule has 0 aliphatic carbocycles. The zero-order valence-electron chi connectivity index (χ0n) is 6.58. The number of ether oxygens (including phenoxy) is 2. The molecule has 0 amide bonds. The van der Waals surface area contributed by atoms with Gasteiger partial charge in [-0.3, -0.25) is 4.79 Å². The van der Waals surface area contributed by atoms with Gasteiger partial charge in [0, 0.05) is 0 Å². The summed E-state index contributed by atoms with van der Waals surface area (Å²) in [7, 11) is 0. The fraction of sp³-hybridized carbons (Fsp3) is 0.857. The zero-order chi connectivity index (χ0) is 8.27. The number of cyclic esters (lactones) is 1. The average molecular weight is 159 g/mol. The summed E-state index contributed by atoms with van der Waals surface area (Å²) in [5, 5.41) is 0. The van der Waals surface area contributed by atoms with Crippen LogP contribution in [0, 0.1) is 0 Å². The molecule has 1 heterocycles. The first-order valence-corrected chi connectivity index (χ1v) is 3.80. The molecule has 1 fully saturated rings. The topological polar surface area (TPSA) is 61.5 Å². The molecule has 1 aliphatic rings. The fourth-order valence-electron chi connectivity index (χ4n) is 0.945. The van der Waals surface area contributed by atoms with Crippen LogP contribution in [-0.4, -0.2) is 24.9 Å². The largest absolute Gasteiger partial charge is 0.434 e. The highest BCUT2D eigenvalue weighted by molar-refractivity contribution is 5.72. The minimum Gasteiger partial charge on any atom is -0.434 e. The SMILES string of the molecule is CCCO[C@@H]1OC(=O)C[C@@H]1N. The Morgan fingerprint density at radius 2 is 2.55 bits per heavy atom. The van der Waals surface area contributed by atoms with E-state index in [1.54, 1.807) is 0 Å². The number of nitrogens with two attached hydrogens (primary N) is 1. The molecule has 0 aromatic heterocycles.